The molecule has 0 aliphatic heterocycles. The highest BCUT2D eigenvalue weighted by atomic mass is 32.2. The number of carbonyl (C=O) groups is 1. The summed E-state index contributed by atoms with van der Waals surface area (Å²) in [6.45, 7) is 0. The van der Waals surface area contributed by atoms with Gasteiger partial charge < -0.3 is 4.74 Å². The molecular formula is C19H18N2O2S2. The molecule has 25 heavy (non-hydrogen) atoms. The van der Waals surface area contributed by atoms with Crippen molar-refractivity contribution in [2.75, 3.05) is 5.75 Å². The first kappa shape index (κ1) is 16.5. The van der Waals surface area contributed by atoms with Gasteiger partial charge in [0.2, 0.25) is 0 Å². The maximum Gasteiger partial charge on any atom is 0.316 e. The third kappa shape index (κ3) is 3.85. The Kier molecular flexibility index (Phi) is 4.99. The number of nitrogens with zero attached hydrogens (tertiary/aromatic N) is 2. The van der Waals surface area contributed by atoms with Crippen molar-refractivity contribution in [3.8, 4) is 10.4 Å². The molecule has 0 bridgehead atoms. The molecule has 6 heteroatoms. The van der Waals surface area contributed by atoms with Crippen LogP contribution in [0.4, 0.5) is 0 Å². The zero-order chi connectivity index (χ0) is 17.1. The van der Waals surface area contributed by atoms with Crippen LogP contribution in [-0.4, -0.2) is 27.8 Å². The van der Waals surface area contributed by atoms with E-state index in [1.165, 1.54) is 17.3 Å². The van der Waals surface area contributed by atoms with Crippen LogP contribution in [0.25, 0.3) is 20.7 Å². The summed E-state index contributed by atoms with van der Waals surface area (Å²) in [7, 11) is 0. The lowest BCUT2D eigenvalue weighted by molar-refractivity contribution is -0.145. The number of benzene rings is 1. The highest BCUT2D eigenvalue weighted by Crippen LogP contribution is 2.36. The van der Waals surface area contributed by atoms with Crippen molar-refractivity contribution in [3.63, 3.8) is 0 Å². The van der Waals surface area contributed by atoms with Gasteiger partial charge in [-0.2, -0.15) is 0 Å². The Labute approximate surface area is 154 Å². The molecule has 0 atom stereocenters. The van der Waals surface area contributed by atoms with Crippen LogP contribution < -0.4 is 0 Å². The van der Waals surface area contributed by atoms with Crippen LogP contribution in [0.3, 0.4) is 0 Å². The minimum Gasteiger partial charge on any atom is -0.462 e. The van der Waals surface area contributed by atoms with Crippen molar-refractivity contribution < 1.29 is 9.53 Å². The van der Waals surface area contributed by atoms with Gasteiger partial charge in [0.1, 0.15) is 22.3 Å². The average Bonchev–Trinajstić information content (AvgIpc) is 3.30. The molecule has 1 saturated carbocycles. The smallest absolute Gasteiger partial charge is 0.316 e. The molecule has 2 heterocycles. The van der Waals surface area contributed by atoms with Crippen molar-refractivity contribution >= 4 is 39.3 Å². The average molecular weight is 370 g/mol. The molecule has 0 spiro atoms. The second kappa shape index (κ2) is 7.54. The van der Waals surface area contributed by atoms with Crippen LogP contribution in [0.1, 0.15) is 25.7 Å². The molecule has 2 aromatic heterocycles. The summed E-state index contributed by atoms with van der Waals surface area (Å²) in [5, 5.41) is 1.84. The second-order valence-electron chi connectivity index (χ2n) is 6.06. The van der Waals surface area contributed by atoms with Gasteiger partial charge in [-0.05, 0) is 37.3 Å². The lowest BCUT2D eigenvalue weighted by Crippen LogP contribution is -2.16. The molecular weight excluding hydrogens is 352 g/mol. The van der Waals surface area contributed by atoms with Crippen molar-refractivity contribution in [1.29, 1.82) is 0 Å². The van der Waals surface area contributed by atoms with Gasteiger partial charge in [-0.3, -0.25) is 4.79 Å². The highest BCUT2D eigenvalue weighted by Gasteiger charge is 2.20. The Morgan fingerprint density at radius 1 is 1.20 bits per heavy atom. The fourth-order valence-corrected chi connectivity index (χ4v) is 4.87. The largest absolute Gasteiger partial charge is 0.462 e. The molecule has 0 radical (unpaired) electrons. The molecule has 3 aromatic rings. The van der Waals surface area contributed by atoms with Crippen LogP contribution in [0.2, 0.25) is 0 Å². The zero-order valence-corrected chi connectivity index (χ0v) is 15.3. The summed E-state index contributed by atoms with van der Waals surface area (Å²) in [5.74, 6) is 0.140. The third-order valence-corrected chi connectivity index (χ3v) is 6.35. The van der Waals surface area contributed by atoms with Crippen molar-refractivity contribution in [2.45, 2.75) is 36.8 Å². The van der Waals surface area contributed by atoms with Gasteiger partial charge in [0.05, 0.1) is 5.75 Å². The molecule has 0 amide bonds. The predicted molar refractivity (Wildman–Crippen MR) is 102 cm³/mol. The van der Waals surface area contributed by atoms with Crippen LogP contribution in [0.5, 0.6) is 0 Å². The maximum absolute atomic E-state index is 12.1. The first-order chi connectivity index (χ1) is 12.3. The fraction of sp³-hybridized carbons (Fsp3) is 0.316. The van der Waals surface area contributed by atoms with Gasteiger partial charge in [0.25, 0.3) is 0 Å². The Morgan fingerprint density at radius 3 is 2.80 bits per heavy atom. The number of esters is 1. The van der Waals surface area contributed by atoms with Gasteiger partial charge >= 0.3 is 5.97 Å². The monoisotopic (exact) mass is 370 g/mol. The van der Waals surface area contributed by atoms with Gasteiger partial charge in [0.15, 0.2) is 0 Å². The number of rotatable bonds is 5. The van der Waals surface area contributed by atoms with Crippen molar-refractivity contribution in [2.24, 2.45) is 0 Å². The van der Waals surface area contributed by atoms with E-state index in [0.29, 0.717) is 5.75 Å². The molecule has 128 valence electrons. The first-order valence-electron chi connectivity index (χ1n) is 8.42. The first-order valence-corrected chi connectivity index (χ1v) is 10.2. The molecule has 4 nitrogen and oxygen atoms in total. The molecule has 1 aliphatic rings. The number of thiophene rings is 1. The van der Waals surface area contributed by atoms with E-state index in [1.807, 2.05) is 18.2 Å². The van der Waals surface area contributed by atoms with E-state index in [-0.39, 0.29) is 12.1 Å². The van der Waals surface area contributed by atoms with Crippen LogP contribution in [0.15, 0.2) is 47.8 Å². The number of hydrogen-bond acceptors (Lipinski definition) is 6. The van der Waals surface area contributed by atoms with Crippen LogP contribution in [0, 0.1) is 0 Å². The second-order valence-corrected chi connectivity index (χ2v) is 8.05. The number of fused-ring (bicyclic) bond motifs is 1. The quantitative estimate of drug-likeness (QED) is 0.362. The normalized spacial score (nSPS) is 14.9. The summed E-state index contributed by atoms with van der Waals surface area (Å²) in [6.07, 6.45) is 6.00. The molecule has 0 unspecified atom stereocenters. The number of thioether (sulfide) groups is 1. The standard InChI is InChI=1S/C19H18N2O2S2/c22-17(23-14-8-4-5-9-14)11-24-18-15-10-16(13-6-2-1-3-7-13)25-19(15)21-12-20-18/h1-3,6-7,10,12,14H,4-5,8-9,11H2. The SMILES string of the molecule is O=C(CSc1ncnc2sc(-c3ccccc3)cc12)OC1CCCC1. The molecule has 1 aliphatic carbocycles. The zero-order valence-electron chi connectivity index (χ0n) is 13.7. The Hall–Kier alpha value is -1.92. The summed E-state index contributed by atoms with van der Waals surface area (Å²) in [6, 6.07) is 12.3. The van der Waals surface area contributed by atoms with E-state index in [4.69, 9.17) is 4.74 Å². The molecule has 0 saturated heterocycles. The predicted octanol–water partition coefficient (Wildman–Crippen LogP) is 4.94. The van der Waals surface area contributed by atoms with Gasteiger partial charge in [-0.15, -0.1) is 11.3 Å². The lowest BCUT2D eigenvalue weighted by atomic mass is 10.2. The van der Waals surface area contributed by atoms with Gasteiger partial charge in [-0.1, -0.05) is 42.1 Å². The number of carbonyl (C=O) groups excluding carboxylic acids is 1. The summed E-state index contributed by atoms with van der Waals surface area (Å²) in [4.78, 5) is 22.9. The Morgan fingerprint density at radius 2 is 2.00 bits per heavy atom. The van der Waals surface area contributed by atoms with E-state index >= 15 is 0 Å². The van der Waals surface area contributed by atoms with E-state index in [1.54, 1.807) is 17.7 Å². The third-order valence-electron chi connectivity index (χ3n) is 4.28. The van der Waals surface area contributed by atoms with E-state index in [0.717, 1.165) is 45.8 Å². The van der Waals surface area contributed by atoms with Crippen LogP contribution in [-0.2, 0) is 9.53 Å². The summed E-state index contributed by atoms with van der Waals surface area (Å²) in [5.41, 5.74) is 1.17. The molecule has 1 aromatic carbocycles. The highest BCUT2D eigenvalue weighted by molar-refractivity contribution is 8.00. The number of ether oxygens (including phenoxy) is 1. The summed E-state index contributed by atoms with van der Waals surface area (Å²) < 4.78 is 5.52. The van der Waals surface area contributed by atoms with Crippen molar-refractivity contribution in [1.82, 2.24) is 9.97 Å². The van der Waals surface area contributed by atoms with Gasteiger partial charge in [-0.25, -0.2) is 9.97 Å². The lowest BCUT2D eigenvalue weighted by Gasteiger charge is -2.10. The Bertz CT molecular complexity index is 874. The van der Waals surface area contributed by atoms with E-state index in [2.05, 4.69) is 28.2 Å². The van der Waals surface area contributed by atoms with Gasteiger partial charge in [0, 0.05) is 10.3 Å². The minimum absolute atomic E-state index is 0.115. The number of aromatic nitrogens is 2. The minimum atomic E-state index is -0.151. The molecule has 1 fully saturated rings. The van der Waals surface area contributed by atoms with E-state index < -0.39 is 0 Å². The fourth-order valence-electron chi connectivity index (χ4n) is 3.05. The molecule has 0 N–H and O–H groups in total. The Balaban J connectivity index is 1.49. The van der Waals surface area contributed by atoms with Crippen molar-refractivity contribution in [3.05, 3.63) is 42.7 Å². The topological polar surface area (TPSA) is 52.1 Å². The summed E-state index contributed by atoms with van der Waals surface area (Å²) >= 11 is 3.08. The maximum atomic E-state index is 12.1. The van der Waals surface area contributed by atoms with E-state index in [9.17, 15) is 4.79 Å². The number of hydrogen-bond donors (Lipinski definition) is 0. The molecule has 4 rings (SSSR count). The van der Waals surface area contributed by atoms with Crippen LogP contribution >= 0.6 is 23.1 Å².